The molecule has 0 aliphatic carbocycles. The molecule has 32 heavy (non-hydrogen) atoms. The van der Waals surface area contributed by atoms with Gasteiger partial charge >= 0.3 is 11.9 Å². The van der Waals surface area contributed by atoms with Crippen LogP contribution in [0.1, 0.15) is 57.4 Å². The van der Waals surface area contributed by atoms with Gasteiger partial charge in [-0.3, -0.25) is 9.59 Å². The number of aromatic nitrogens is 1. The lowest BCUT2D eigenvalue weighted by molar-refractivity contribution is -0.145. The molecule has 2 aromatic carbocycles. The normalized spacial score (nSPS) is 12.2. The largest absolute Gasteiger partial charge is 0.466 e. The highest BCUT2D eigenvalue weighted by molar-refractivity contribution is 9.09. The van der Waals surface area contributed by atoms with Crippen molar-refractivity contribution in [2.75, 3.05) is 18.5 Å². The van der Waals surface area contributed by atoms with E-state index in [1.807, 2.05) is 32.0 Å². The van der Waals surface area contributed by atoms with Gasteiger partial charge in [0.05, 0.1) is 19.1 Å². The topological polar surface area (TPSA) is 57.5 Å². The van der Waals surface area contributed by atoms with E-state index in [4.69, 9.17) is 9.47 Å². The van der Waals surface area contributed by atoms with E-state index in [1.165, 1.54) is 0 Å². The van der Waals surface area contributed by atoms with E-state index in [0.29, 0.717) is 19.6 Å². The van der Waals surface area contributed by atoms with Crippen LogP contribution in [0.15, 0.2) is 42.5 Å². The number of benzene rings is 2. The molecule has 0 aliphatic heterocycles. The fourth-order valence-electron chi connectivity index (χ4n) is 4.35. The van der Waals surface area contributed by atoms with Crippen molar-refractivity contribution in [3.05, 3.63) is 48.0 Å². The standard InChI is InChI=1S/C26H32BrNO4/c1-3-31-24(29)16-7-8-18-28-22-14-6-5-11-21(22)25-19(12-9-15-23(25)28)20(13-10-17-27)26(30)32-4-2/h5-6,9,11-12,14-15,20H,3-4,7-8,10,13,16-18H2,1-2H3. The number of para-hydroxylation sites is 1. The summed E-state index contributed by atoms with van der Waals surface area (Å²) in [4.78, 5) is 24.6. The Balaban J connectivity index is 1.99. The summed E-state index contributed by atoms with van der Waals surface area (Å²) in [7, 11) is 0. The average Bonchev–Trinajstić information content (AvgIpc) is 3.12. The minimum atomic E-state index is -0.292. The van der Waals surface area contributed by atoms with Crippen molar-refractivity contribution >= 4 is 49.7 Å². The van der Waals surface area contributed by atoms with Crippen molar-refractivity contribution < 1.29 is 19.1 Å². The maximum absolute atomic E-state index is 12.9. The summed E-state index contributed by atoms with van der Waals surface area (Å²) < 4.78 is 12.8. The van der Waals surface area contributed by atoms with Crippen LogP contribution in [0, 0.1) is 0 Å². The van der Waals surface area contributed by atoms with Crippen LogP contribution < -0.4 is 0 Å². The zero-order chi connectivity index (χ0) is 22.9. The molecule has 0 N–H and O–H groups in total. The third-order valence-corrected chi connectivity index (χ3v) is 6.28. The molecule has 0 radical (unpaired) electrons. The molecule has 0 saturated carbocycles. The van der Waals surface area contributed by atoms with Crippen LogP contribution in [0.25, 0.3) is 21.8 Å². The van der Waals surface area contributed by atoms with Gasteiger partial charge in [0.1, 0.15) is 0 Å². The molecule has 3 rings (SSSR count). The quantitative estimate of drug-likeness (QED) is 0.165. The van der Waals surface area contributed by atoms with E-state index >= 15 is 0 Å². The average molecular weight is 502 g/mol. The summed E-state index contributed by atoms with van der Waals surface area (Å²) in [6.45, 7) is 5.28. The Hall–Kier alpha value is -2.34. The van der Waals surface area contributed by atoms with E-state index in [2.05, 4.69) is 44.8 Å². The number of hydrogen-bond acceptors (Lipinski definition) is 4. The summed E-state index contributed by atoms with van der Waals surface area (Å²) in [5.74, 6) is -0.590. The predicted octanol–water partition coefficient (Wildman–Crippen LogP) is 6.35. The number of halogens is 1. The van der Waals surface area contributed by atoms with Gasteiger partial charge in [-0.05, 0) is 57.2 Å². The van der Waals surface area contributed by atoms with Gasteiger partial charge in [-0.25, -0.2) is 0 Å². The number of carbonyl (C=O) groups excluding carboxylic acids is 2. The van der Waals surface area contributed by atoms with Crippen LogP contribution in [0.4, 0.5) is 0 Å². The maximum Gasteiger partial charge on any atom is 0.313 e. The first-order valence-corrected chi connectivity index (χ1v) is 12.6. The van der Waals surface area contributed by atoms with Crippen molar-refractivity contribution in [1.29, 1.82) is 0 Å². The fraction of sp³-hybridized carbons (Fsp3) is 0.462. The highest BCUT2D eigenvalue weighted by atomic mass is 79.9. The van der Waals surface area contributed by atoms with E-state index < -0.39 is 0 Å². The number of carbonyl (C=O) groups is 2. The van der Waals surface area contributed by atoms with Gasteiger partial charge in [0.25, 0.3) is 0 Å². The monoisotopic (exact) mass is 501 g/mol. The number of fused-ring (bicyclic) bond motifs is 3. The lowest BCUT2D eigenvalue weighted by Crippen LogP contribution is -2.16. The second-order valence-corrected chi connectivity index (χ2v) is 8.60. The van der Waals surface area contributed by atoms with Crippen LogP contribution in [-0.4, -0.2) is 35.0 Å². The number of rotatable bonds is 12. The molecule has 1 unspecified atom stereocenters. The Labute approximate surface area is 198 Å². The molecule has 0 aliphatic rings. The molecule has 172 valence electrons. The third kappa shape index (κ3) is 5.52. The molecule has 5 nitrogen and oxygen atoms in total. The Morgan fingerprint density at radius 1 is 0.938 bits per heavy atom. The minimum Gasteiger partial charge on any atom is -0.466 e. The van der Waals surface area contributed by atoms with Crippen LogP contribution >= 0.6 is 15.9 Å². The van der Waals surface area contributed by atoms with E-state index in [-0.39, 0.29) is 17.9 Å². The summed E-state index contributed by atoms with van der Waals surface area (Å²) in [6.07, 6.45) is 3.73. The van der Waals surface area contributed by atoms with Crippen molar-refractivity contribution in [2.24, 2.45) is 0 Å². The number of esters is 2. The highest BCUT2D eigenvalue weighted by Crippen LogP contribution is 2.37. The molecular weight excluding hydrogens is 470 g/mol. The Bertz CT molecular complexity index is 1060. The summed E-state index contributed by atoms with van der Waals surface area (Å²) in [5, 5.41) is 3.12. The lowest BCUT2D eigenvalue weighted by atomic mass is 9.91. The van der Waals surface area contributed by atoms with Crippen LogP contribution in [-0.2, 0) is 25.6 Å². The number of unbranched alkanes of at least 4 members (excludes halogenated alkanes) is 1. The molecule has 0 fully saturated rings. The molecule has 1 aromatic heterocycles. The third-order valence-electron chi connectivity index (χ3n) is 5.72. The van der Waals surface area contributed by atoms with Gasteiger partial charge < -0.3 is 14.0 Å². The number of ether oxygens (including phenoxy) is 2. The van der Waals surface area contributed by atoms with Gasteiger partial charge in [-0.15, -0.1) is 0 Å². The zero-order valence-electron chi connectivity index (χ0n) is 18.9. The molecule has 1 atom stereocenters. The SMILES string of the molecule is CCOC(=O)CCCCn1c2ccccc2c2c(C(CCCBr)C(=O)OCC)cccc21. The Morgan fingerprint density at radius 2 is 1.69 bits per heavy atom. The van der Waals surface area contributed by atoms with Crippen molar-refractivity contribution in [1.82, 2.24) is 4.57 Å². The van der Waals surface area contributed by atoms with Gasteiger partial charge in [-0.2, -0.15) is 0 Å². The van der Waals surface area contributed by atoms with Gasteiger partial charge in [-0.1, -0.05) is 46.3 Å². The highest BCUT2D eigenvalue weighted by Gasteiger charge is 2.25. The lowest BCUT2D eigenvalue weighted by Gasteiger charge is -2.17. The first kappa shape index (κ1) is 24.3. The second-order valence-electron chi connectivity index (χ2n) is 7.81. The molecular formula is C26H32BrNO4. The Kier molecular flexibility index (Phi) is 9.15. The molecule has 0 saturated heterocycles. The van der Waals surface area contributed by atoms with Crippen molar-refractivity contribution in [2.45, 2.75) is 58.4 Å². The summed E-state index contributed by atoms with van der Waals surface area (Å²) >= 11 is 3.50. The number of alkyl halides is 1. The summed E-state index contributed by atoms with van der Waals surface area (Å²) in [6, 6.07) is 14.6. The van der Waals surface area contributed by atoms with Gasteiger partial charge in [0.15, 0.2) is 0 Å². The van der Waals surface area contributed by atoms with Crippen LogP contribution in [0.3, 0.4) is 0 Å². The number of aryl methyl sites for hydroxylation is 1. The van der Waals surface area contributed by atoms with E-state index in [0.717, 1.165) is 64.9 Å². The second kappa shape index (κ2) is 12.0. The van der Waals surface area contributed by atoms with E-state index in [9.17, 15) is 9.59 Å². The minimum absolute atomic E-state index is 0.138. The van der Waals surface area contributed by atoms with Crippen LogP contribution in [0.5, 0.6) is 0 Å². The van der Waals surface area contributed by atoms with E-state index in [1.54, 1.807) is 0 Å². The molecule has 1 heterocycles. The zero-order valence-corrected chi connectivity index (χ0v) is 20.5. The molecule has 6 heteroatoms. The first-order valence-electron chi connectivity index (χ1n) is 11.5. The summed E-state index contributed by atoms with van der Waals surface area (Å²) in [5.41, 5.74) is 3.30. The molecule has 0 bridgehead atoms. The molecule has 3 aromatic rings. The van der Waals surface area contributed by atoms with Gasteiger partial charge in [0.2, 0.25) is 0 Å². The molecule has 0 amide bonds. The van der Waals surface area contributed by atoms with Crippen molar-refractivity contribution in [3.63, 3.8) is 0 Å². The predicted molar refractivity (Wildman–Crippen MR) is 132 cm³/mol. The Morgan fingerprint density at radius 3 is 2.44 bits per heavy atom. The fourth-order valence-corrected chi connectivity index (χ4v) is 4.68. The first-order chi connectivity index (χ1) is 15.6. The maximum atomic E-state index is 12.9. The van der Waals surface area contributed by atoms with Crippen LogP contribution in [0.2, 0.25) is 0 Å². The van der Waals surface area contributed by atoms with Crippen molar-refractivity contribution in [3.8, 4) is 0 Å². The smallest absolute Gasteiger partial charge is 0.313 e. The number of nitrogens with zero attached hydrogens (tertiary/aromatic N) is 1. The molecule has 0 spiro atoms. The van der Waals surface area contributed by atoms with Gasteiger partial charge in [0, 0.05) is 40.1 Å². The number of hydrogen-bond donors (Lipinski definition) is 0.